The van der Waals surface area contributed by atoms with Crippen LogP contribution in [0.25, 0.3) is 17.0 Å². The number of rotatable bonds is 3. The van der Waals surface area contributed by atoms with Gasteiger partial charge in [0.1, 0.15) is 5.15 Å². The fraction of sp³-hybridized carbons (Fsp3) is 0.0769. The topological polar surface area (TPSA) is 56.0 Å². The van der Waals surface area contributed by atoms with Crippen molar-refractivity contribution in [3.8, 4) is 0 Å². The minimum Gasteiger partial charge on any atom is -0.369 e. The number of benzene rings is 1. The highest BCUT2D eigenvalue weighted by Crippen LogP contribution is 2.17. The molecule has 0 atom stereocenters. The molecule has 0 aliphatic rings. The Bertz CT molecular complexity index is 593. The van der Waals surface area contributed by atoms with Crippen molar-refractivity contribution in [2.24, 2.45) is 5.73 Å². The summed E-state index contributed by atoms with van der Waals surface area (Å²) in [5, 5.41) is 1.49. The van der Waals surface area contributed by atoms with Gasteiger partial charge in [0.15, 0.2) is 0 Å². The number of pyridine rings is 1. The quantitative estimate of drug-likeness (QED) is 0.847. The number of fused-ring (bicyclic) bond motifs is 1. The van der Waals surface area contributed by atoms with E-state index in [2.05, 4.69) is 4.98 Å². The van der Waals surface area contributed by atoms with Crippen LogP contribution >= 0.6 is 11.6 Å². The van der Waals surface area contributed by atoms with E-state index in [4.69, 9.17) is 17.3 Å². The van der Waals surface area contributed by atoms with Gasteiger partial charge >= 0.3 is 0 Å². The number of nitrogens with two attached hydrogens (primary N) is 1. The molecule has 1 heterocycles. The van der Waals surface area contributed by atoms with Crippen LogP contribution < -0.4 is 5.73 Å². The summed E-state index contributed by atoms with van der Waals surface area (Å²) in [5.41, 5.74) is 6.90. The summed E-state index contributed by atoms with van der Waals surface area (Å²) in [6.07, 6.45) is 3.85. The number of aromatic nitrogens is 1. The number of carbonyl (C=O) groups excluding carboxylic acids is 1. The van der Waals surface area contributed by atoms with E-state index in [1.54, 1.807) is 12.1 Å². The second-order valence-corrected chi connectivity index (χ2v) is 4.05. The van der Waals surface area contributed by atoms with Crippen molar-refractivity contribution < 1.29 is 4.79 Å². The highest BCUT2D eigenvalue weighted by atomic mass is 35.5. The van der Waals surface area contributed by atoms with Crippen LogP contribution in [-0.2, 0) is 4.79 Å². The van der Waals surface area contributed by atoms with Gasteiger partial charge in [-0.15, -0.1) is 0 Å². The van der Waals surface area contributed by atoms with Gasteiger partial charge in [-0.25, -0.2) is 4.98 Å². The second kappa shape index (κ2) is 4.97. The number of hydrogen-bond acceptors (Lipinski definition) is 2. The number of hydrogen-bond donors (Lipinski definition) is 1. The second-order valence-electron chi connectivity index (χ2n) is 3.66. The van der Waals surface area contributed by atoms with E-state index in [-0.39, 0.29) is 12.3 Å². The standard InChI is InChI=1S/C13H11ClN2O/c14-12-7-5-10-8-9(2-1-3-13(15)17)4-6-11(10)16-12/h1-2,4-8H,3H2,(H2,15,17). The maximum atomic E-state index is 10.6. The fourth-order valence-electron chi connectivity index (χ4n) is 1.53. The van der Waals surface area contributed by atoms with E-state index >= 15 is 0 Å². The Morgan fingerprint density at radius 2 is 2.18 bits per heavy atom. The zero-order chi connectivity index (χ0) is 12.3. The average molecular weight is 247 g/mol. The van der Waals surface area contributed by atoms with Crippen LogP contribution in [0.5, 0.6) is 0 Å². The van der Waals surface area contributed by atoms with Gasteiger partial charge in [-0.05, 0) is 29.8 Å². The Labute approximate surface area is 104 Å². The molecule has 0 aliphatic heterocycles. The number of carbonyl (C=O) groups is 1. The van der Waals surface area contributed by atoms with Crippen molar-refractivity contribution in [1.82, 2.24) is 4.98 Å². The Hall–Kier alpha value is -1.87. The lowest BCUT2D eigenvalue weighted by Crippen LogP contribution is -2.07. The van der Waals surface area contributed by atoms with Crippen molar-refractivity contribution in [2.75, 3.05) is 0 Å². The lowest BCUT2D eigenvalue weighted by atomic mass is 10.1. The van der Waals surface area contributed by atoms with Crippen LogP contribution in [0.15, 0.2) is 36.4 Å². The van der Waals surface area contributed by atoms with Crippen molar-refractivity contribution in [2.45, 2.75) is 6.42 Å². The summed E-state index contributed by atoms with van der Waals surface area (Å²) in [5.74, 6) is -0.338. The van der Waals surface area contributed by atoms with Crippen LogP contribution in [0.2, 0.25) is 5.15 Å². The summed E-state index contributed by atoms with van der Waals surface area (Å²) in [7, 11) is 0. The number of amides is 1. The molecule has 17 heavy (non-hydrogen) atoms. The van der Waals surface area contributed by atoms with Crippen LogP contribution in [-0.4, -0.2) is 10.9 Å². The molecule has 0 unspecified atom stereocenters. The summed E-state index contributed by atoms with van der Waals surface area (Å²) in [6, 6.07) is 9.46. The minimum atomic E-state index is -0.338. The largest absolute Gasteiger partial charge is 0.369 e. The third-order valence-electron chi connectivity index (χ3n) is 2.31. The predicted octanol–water partition coefficient (Wildman–Crippen LogP) is 2.78. The zero-order valence-corrected chi connectivity index (χ0v) is 9.82. The highest BCUT2D eigenvalue weighted by molar-refractivity contribution is 6.29. The van der Waals surface area contributed by atoms with E-state index in [1.807, 2.05) is 30.3 Å². The molecule has 1 amide bonds. The molecule has 0 saturated carbocycles. The van der Waals surface area contributed by atoms with Crippen LogP contribution in [0.4, 0.5) is 0 Å². The number of nitrogens with zero attached hydrogens (tertiary/aromatic N) is 1. The first-order chi connectivity index (χ1) is 8.15. The normalized spacial score (nSPS) is 11.1. The molecule has 2 rings (SSSR count). The van der Waals surface area contributed by atoms with Gasteiger partial charge in [-0.1, -0.05) is 29.8 Å². The van der Waals surface area contributed by atoms with E-state index in [0.29, 0.717) is 5.15 Å². The average Bonchev–Trinajstić information content (AvgIpc) is 2.29. The molecule has 3 nitrogen and oxygen atoms in total. The molecular formula is C13H11ClN2O. The van der Waals surface area contributed by atoms with Crippen molar-refractivity contribution >= 4 is 34.5 Å². The van der Waals surface area contributed by atoms with Gasteiger partial charge in [-0.3, -0.25) is 4.79 Å². The molecule has 0 aliphatic carbocycles. The third kappa shape index (κ3) is 3.04. The Balaban J connectivity index is 2.29. The van der Waals surface area contributed by atoms with E-state index in [0.717, 1.165) is 16.5 Å². The van der Waals surface area contributed by atoms with Gasteiger partial charge in [0.2, 0.25) is 5.91 Å². The molecule has 0 radical (unpaired) electrons. The van der Waals surface area contributed by atoms with Crippen LogP contribution in [0.1, 0.15) is 12.0 Å². The lowest BCUT2D eigenvalue weighted by Gasteiger charge is -1.99. The van der Waals surface area contributed by atoms with Crippen LogP contribution in [0.3, 0.4) is 0 Å². The Kier molecular flexibility index (Phi) is 3.40. The van der Waals surface area contributed by atoms with E-state index < -0.39 is 0 Å². The summed E-state index contributed by atoms with van der Waals surface area (Å²) in [6.45, 7) is 0. The summed E-state index contributed by atoms with van der Waals surface area (Å²) < 4.78 is 0. The van der Waals surface area contributed by atoms with Crippen molar-refractivity contribution in [3.63, 3.8) is 0 Å². The number of primary amides is 1. The Morgan fingerprint density at radius 1 is 1.35 bits per heavy atom. The maximum Gasteiger partial charge on any atom is 0.221 e. The first kappa shape index (κ1) is 11.6. The fourth-order valence-corrected chi connectivity index (χ4v) is 1.69. The summed E-state index contributed by atoms with van der Waals surface area (Å²) in [4.78, 5) is 14.8. The zero-order valence-electron chi connectivity index (χ0n) is 9.06. The SMILES string of the molecule is NC(=O)CC=Cc1ccc2nc(Cl)ccc2c1. The van der Waals surface area contributed by atoms with Crippen LogP contribution in [0, 0.1) is 0 Å². The Morgan fingerprint density at radius 3 is 2.94 bits per heavy atom. The third-order valence-corrected chi connectivity index (χ3v) is 2.52. The molecule has 2 aromatic rings. The maximum absolute atomic E-state index is 10.6. The highest BCUT2D eigenvalue weighted by Gasteiger charge is 1.97. The molecule has 4 heteroatoms. The first-order valence-corrected chi connectivity index (χ1v) is 5.54. The molecule has 1 aromatic carbocycles. The van der Waals surface area contributed by atoms with Gasteiger partial charge < -0.3 is 5.73 Å². The first-order valence-electron chi connectivity index (χ1n) is 5.16. The summed E-state index contributed by atoms with van der Waals surface area (Å²) >= 11 is 5.80. The molecule has 0 fully saturated rings. The lowest BCUT2D eigenvalue weighted by molar-refractivity contribution is -0.117. The predicted molar refractivity (Wildman–Crippen MR) is 69.6 cm³/mol. The molecular weight excluding hydrogens is 236 g/mol. The molecule has 1 aromatic heterocycles. The van der Waals surface area contributed by atoms with Crippen molar-refractivity contribution in [1.29, 1.82) is 0 Å². The smallest absolute Gasteiger partial charge is 0.221 e. The van der Waals surface area contributed by atoms with E-state index in [9.17, 15) is 4.79 Å². The molecule has 86 valence electrons. The van der Waals surface area contributed by atoms with Gasteiger partial charge in [-0.2, -0.15) is 0 Å². The van der Waals surface area contributed by atoms with E-state index in [1.165, 1.54) is 0 Å². The molecule has 0 spiro atoms. The van der Waals surface area contributed by atoms with Gasteiger partial charge in [0, 0.05) is 11.8 Å². The molecule has 0 bridgehead atoms. The van der Waals surface area contributed by atoms with Gasteiger partial charge in [0.05, 0.1) is 5.52 Å². The molecule has 0 saturated heterocycles. The van der Waals surface area contributed by atoms with Gasteiger partial charge in [0.25, 0.3) is 0 Å². The minimum absolute atomic E-state index is 0.247. The molecule has 2 N–H and O–H groups in total. The van der Waals surface area contributed by atoms with Crippen molar-refractivity contribution in [3.05, 3.63) is 47.1 Å². The monoisotopic (exact) mass is 246 g/mol. The number of halogens is 1.